The minimum absolute atomic E-state index is 0.0455. The summed E-state index contributed by atoms with van der Waals surface area (Å²) in [6.07, 6.45) is 5.55. The van der Waals surface area contributed by atoms with Crippen LogP contribution in [0.5, 0.6) is 0 Å². The second-order valence-electron chi connectivity index (χ2n) is 6.39. The third-order valence-corrected chi connectivity index (χ3v) is 3.84. The van der Waals surface area contributed by atoms with E-state index in [0.29, 0.717) is 18.3 Å². The van der Waals surface area contributed by atoms with Crippen LogP contribution < -0.4 is 0 Å². The fourth-order valence-electron chi connectivity index (χ4n) is 2.27. The summed E-state index contributed by atoms with van der Waals surface area (Å²) in [4.78, 5) is 10.7. The lowest BCUT2D eigenvalue weighted by molar-refractivity contribution is -0.149. The number of hydrogen-bond donors (Lipinski definition) is 0. The summed E-state index contributed by atoms with van der Waals surface area (Å²) in [5.74, 6) is 0.825. The molecule has 1 rings (SSSR count). The van der Waals surface area contributed by atoms with Crippen molar-refractivity contribution in [1.29, 1.82) is 0 Å². The quantitative estimate of drug-likeness (QED) is 0.545. The highest BCUT2D eigenvalue weighted by molar-refractivity contribution is 5.50. The zero-order chi connectivity index (χ0) is 14.6. The summed E-state index contributed by atoms with van der Waals surface area (Å²) in [5.41, 5.74) is 0. The van der Waals surface area contributed by atoms with Crippen molar-refractivity contribution in [3.8, 4) is 0 Å². The first kappa shape index (κ1) is 16.4. The average molecular weight is 268 g/mol. The number of hydrogen-bond acceptors (Lipinski definition) is 3. The summed E-state index contributed by atoms with van der Waals surface area (Å²) in [5, 5.41) is 0. The van der Waals surface area contributed by atoms with Gasteiger partial charge in [0.1, 0.15) is 6.29 Å². The molecule has 0 amide bonds. The minimum atomic E-state index is -0.593. The van der Waals surface area contributed by atoms with Gasteiger partial charge in [-0.25, -0.2) is 0 Å². The maximum atomic E-state index is 10.7. The number of ether oxygens (including phenoxy) is 2. The summed E-state index contributed by atoms with van der Waals surface area (Å²) >= 11 is 0. The molecule has 110 valence electrons. The number of carbonyl (C=O) groups excluding carboxylic acids is 1. The van der Waals surface area contributed by atoms with E-state index in [1.54, 1.807) is 0 Å². The van der Waals surface area contributed by atoms with Gasteiger partial charge >= 0.3 is 0 Å². The molecule has 0 saturated carbocycles. The lowest BCUT2D eigenvalue weighted by atomic mass is 9.93. The minimum Gasteiger partial charge on any atom is -0.344 e. The van der Waals surface area contributed by atoms with E-state index in [-0.39, 0.29) is 18.1 Å². The number of aldehydes is 1. The number of carbonyl (C=O) groups is 1. The van der Waals surface area contributed by atoms with Crippen LogP contribution in [0, 0.1) is 17.8 Å². The highest BCUT2D eigenvalue weighted by atomic mass is 16.8. The van der Waals surface area contributed by atoms with Crippen molar-refractivity contribution in [3.05, 3.63) is 12.2 Å². The molecule has 3 nitrogen and oxygen atoms in total. The molecule has 1 aliphatic rings. The summed E-state index contributed by atoms with van der Waals surface area (Å²) in [6.45, 7) is 12.6. The standard InChI is InChI=1S/C16H28O3/c1-11(2)12(3)7-8-13(4)15-14(9-10-17)18-16(5,6)19-15/h7-8,10-15H,9H2,1-6H3/b8-7-/t12-,13?,14+,15-/m1/s1. The molecule has 4 atom stereocenters. The zero-order valence-corrected chi connectivity index (χ0v) is 13.1. The molecular formula is C16H28O3. The molecule has 0 aromatic carbocycles. The van der Waals surface area contributed by atoms with Crippen LogP contribution in [0.2, 0.25) is 0 Å². The van der Waals surface area contributed by atoms with Crippen molar-refractivity contribution in [2.75, 3.05) is 0 Å². The molecule has 3 heteroatoms. The topological polar surface area (TPSA) is 35.5 Å². The molecule has 0 aromatic rings. The Morgan fingerprint density at radius 2 is 1.74 bits per heavy atom. The average Bonchev–Trinajstić information content (AvgIpc) is 2.61. The van der Waals surface area contributed by atoms with E-state index >= 15 is 0 Å². The van der Waals surface area contributed by atoms with Crippen molar-refractivity contribution in [3.63, 3.8) is 0 Å². The van der Waals surface area contributed by atoms with Gasteiger partial charge < -0.3 is 14.3 Å². The first-order valence-electron chi connectivity index (χ1n) is 7.24. The van der Waals surface area contributed by atoms with Crippen LogP contribution in [0.1, 0.15) is 48.0 Å². The molecule has 0 aliphatic carbocycles. The van der Waals surface area contributed by atoms with Crippen molar-refractivity contribution < 1.29 is 14.3 Å². The molecule has 0 radical (unpaired) electrons. The maximum Gasteiger partial charge on any atom is 0.163 e. The van der Waals surface area contributed by atoms with Gasteiger partial charge in [0.15, 0.2) is 5.79 Å². The molecule has 1 saturated heterocycles. The molecular weight excluding hydrogens is 240 g/mol. The second kappa shape index (κ2) is 6.67. The fourth-order valence-corrected chi connectivity index (χ4v) is 2.27. The monoisotopic (exact) mass is 268 g/mol. The lowest BCUT2D eigenvalue weighted by Gasteiger charge is -2.21. The highest BCUT2D eigenvalue weighted by Crippen LogP contribution is 2.34. The lowest BCUT2D eigenvalue weighted by Crippen LogP contribution is -2.29. The normalized spacial score (nSPS) is 29.8. The second-order valence-corrected chi connectivity index (χ2v) is 6.39. The van der Waals surface area contributed by atoms with Crippen molar-refractivity contribution in [1.82, 2.24) is 0 Å². The Morgan fingerprint density at radius 3 is 2.26 bits per heavy atom. The molecule has 0 N–H and O–H groups in total. The van der Waals surface area contributed by atoms with Gasteiger partial charge in [-0.1, -0.05) is 39.8 Å². The van der Waals surface area contributed by atoms with Crippen molar-refractivity contribution >= 4 is 6.29 Å². The maximum absolute atomic E-state index is 10.7. The van der Waals surface area contributed by atoms with Gasteiger partial charge in [0.2, 0.25) is 0 Å². The van der Waals surface area contributed by atoms with E-state index < -0.39 is 5.79 Å². The van der Waals surface area contributed by atoms with Gasteiger partial charge in [-0.2, -0.15) is 0 Å². The van der Waals surface area contributed by atoms with Gasteiger partial charge in [-0.3, -0.25) is 0 Å². The Labute approximate surface area is 117 Å². The van der Waals surface area contributed by atoms with Crippen molar-refractivity contribution in [2.24, 2.45) is 17.8 Å². The van der Waals surface area contributed by atoms with Gasteiger partial charge in [0.05, 0.1) is 12.2 Å². The molecule has 1 aliphatic heterocycles. The third kappa shape index (κ3) is 4.73. The van der Waals surface area contributed by atoms with Gasteiger partial charge in [0, 0.05) is 12.3 Å². The summed E-state index contributed by atoms with van der Waals surface area (Å²) in [6, 6.07) is 0. The summed E-state index contributed by atoms with van der Waals surface area (Å²) < 4.78 is 11.7. The Morgan fingerprint density at radius 1 is 1.11 bits per heavy atom. The largest absolute Gasteiger partial charge is 0.344 e. The first-order chi connectivity index (χ1) is 8.76. The van der Waals surface area contributed by atoms with Gasteiger partial charge in [0.25, 0.3) is 0 Å². The predicted molar refractivity (Wildman–Crippen MR) is 76.8 cm³/mol. The predicted octanol–water partition coefficient (Wildman–Crippen LogP) is 3.58. The smallest absolute Gasteiger partial charge is 0.163 e. The molecule has 0 bridgehead atoms. The van der Waals surface area contributed by atoms with E-state index in [2.05, 4.69) is 39.8 Å². The number of rotatable bonds is 6. The zero-order valence-electron chi connectivity index (χ0n) is 13.1. The van der Waals surface area contributed by atoms with Crippen LogP contribution in [0.3, 0.4) is 0 Å². The molecule has 19 heavy (non-hydrogen) atoms. The van der Waals surface area contributed by atoms with Crippen molar-refractivity contribution in [2.45, 2.75) is 66.0 Å². The Balaban J connectivity index is 2.68. The van der Waals surface area contributed by atoms with E-state index in [4.69, 9.17) is 9.47 Å². The Hall–Kier alpha value is -0.670. The number of allylic oxidation sites excluding steroid dienone is 1. The van der Waals surface area contributed by atoms with Crippen LogP contribution >= 0.6 is 0 Å². The third-order valence-electron chi connectivity index (χ3n) is 3.84. The van der Waals surface area contributed by atoms with Crippen LogP contribution in [0.4, 0.5) is 0 Å². The van der Waals surface area contributed by atoms with Gasteiger partial charge in [-0.15, -0.1) is 0 Å². The van der Waals surface area contributed by atoms with E-state index in [1.165, 1.54) is 0 Å². The van der Waals surface area contributed by atoms with E-state index in [1.807, 2.05) is 13.8 Å². The van der Waals surface area contributed by atoms with Crippen LogP contribution in [-0.2, 0) is 14.3 Å². The van der Waals surface area contributed by atoms with E-state index in [0.717, 1.165) is 6.29 Å². The van der Waals surface area contributed by atoms with Crippen LogP contribution in [-0.4, -0.2) is 24.3 Å². The fraction of sp³-hybridized carbons (Fsp3) is 0.812. The van der Waals surface area contributed by atoms with Crippen LogP contribution in [0.25, 0.3) is 0 Å². The molecule has 0 spiro atoms. The van der Waals surface area contributed by atoms with Gasteiger partial charge in [-0.05, 0) is 25.7 Å². The SMILES string of the molecule is CC(C)[C@H](C)/C=C\C(C)[C@H]1OC(C)(C)O[C@H]1CC=O. The van der Waals surface area contributed by atoms with E-state index in [9.17, 15) is 4.79 Å². The molecule has 1 fully saturated rings. The molecule has 1 heterocycles. The Kier molecular flexibility index (Phi) is 5.75. The molecule has 1 unspecified atom stereocenters. The Bertz CT molecular complexity index is 320. The first-order valence-corrected chi connectivity index (χ1v) is 7.24. The highest BCUT2D eigenvalue weighted by Gasteiger charge is 2.42. The van der Waals surface area contributed by atoms with Crippen LogP contribution in [0.15, 0.2) is 12.2 Å². The summed E-state index contributed by atoms with van der Waals surface area (Å²) in [7, 11) is 0. The molecule has 0 aromatic heterocycles.